The molecule has 86 valence electrons. The standard InChI is InChI=1S/C12H21NO2/c13-11-5-3-9(4-6-11)12(14)10-2-1-7-15-8-10/h9-11H,1-8,13H2. The maximum Gasteiger partial charge on any atom is 0.141 e. The third-order valence-corrected chi connectivity index (χ3v) is 3.74. The Morgan fingerprint density at radius 3 is 2.40 bits per heavy atom. The maximum atomic E-state index is 12.1. The first-order chi connectivity index (χ1) is 7.27. The number of nitrogens with two attached hydrogens (primary N) is 1. The molecule has 0 radical (unpaired) electrons. The van der Waals surface area contributed by atoms with Crippen molar-refractivity contribution in [3.8, 4) is 0 Å². The van der Waals surface area contributed by atoms with Gasteiger partial charge in [-0.15, -0.1) is 0 Å². The Morgan fingerprint density at radius 1 is 1.07 bits per heavy atom. The van der Waals surface area contributed by atoms with Gasteiger partial charge in [-0.25, -0.2) is 0 Å². The Kier molecular flexibility index (Phi) is 3.76. The quantitative estimate of drug-likeness (QED) is 0.753. The van der Waals surface area contributed by atoms with Crippen LogP contribution >= 0.6 is 0 Å². The van der Waals surface area contributed by atoms with Crippen molar-refractivity contribution in [1.82, 2.24) is 0 Å². The van der Waals surface area contributed by atoms with Crippen LogP contribution in [-0.4, -0.2) is 25.0 Å². The van der Waals surface area contributed by atoms with Gasteiger partial charge in [-0.1, -0.05) is 0 Å². The number of rotatable bonds is 2. The average molecular weight is 211 g/mol. The van der Waals surface area contributed by atoms with Crippen LogP contribution in [0.3, 0.4) is 0 Å². The minimum Gasteiger partial charge on any atom is -0.381 e. The van der Waals surface area contributed by atoms with Crippen molar-refractivity contribution in [3.05, 3.63) is 0 Å². The molecule has 1 saturated carbocycles. The summed E-state index contributed by atoms with van der Waals surface area (Å²) in [6, 6.07) is 0.330. The van der Waals surface area contributed by atoms with Gasteiger partial charge in [0.05, 0.1) is 6.61 Å². The van der Waals surface area contributed by atoms with Gasteiger partial charge in [0.1, 0.15) is 5.78 Å². The first-order valence-electron chi connectivity index (χ1n) is 6.14. The van der Waals surface area contributed by atoms with Crippen molar-refractivity contribution >= 4 is 5.78 Å². The fourth-order valence-electron chi connectivity index (χ4n) is 2.70. The third-order valence-electron chi connectivity index (χ3n) is 3.74. The summed E-state index contributed by atoms with van der Waals surface area (Å²) in [5.41, 5.74) is 5.84. The molecule has 15 heavy (non-hydrogen) atoms. The Balaban J connectivity index is 1.84. The Hall–Kier alpha value is -0.410. The highest BCUT2D eigenvalue weighted by atomic mass is 16.5. The molecule has 0 aromatic rings. The minimum absolute atomic E-state index is 0.179. The molecule has 1 aliphatic carbocycles. The second kappa shape index (κ2) is 5.08. The first-order valence-corrected chi connectivity index (χ1v) is 6.14. The molecule has 1 atom stereocenters. The smallest absolute Gasteiger partial charge is 0.141 e. The molecule has 0 amide bonds. The molecule has 2 rings (SSSR count). The minimum atomic E-state index is 0.179. The summed E-state index contributed by atoms with van der Waals surface area (Å²) in [5.74, 6) is 0.899. The molecular formula is C12H21NO2. The molecule has 0 aromatic heterocycles. The topological polar surface area (TPSA) is 52.3 Å². The summed E-state index contributed by atoms with van der Waals surface area (Å²) in [4.78, 5) is 12.1. The predicted octanol–water partition coefficient (Wildman–Crippen LogP) is 1.50. The van der Waals surface area contributed by atoms with Crippen molar-refractivity contribution in [1.29, 1.82) is 0 Å². The van der Waals surface area contributed by atoms with E-state index in [1.54, 1.807) is 0 Å². The van der Waals surface area contributed by atoms with E-state index in [-0.39, 0.29) is 11.8 Å². The predicted molar refractivity (Wildman–Crippen MR) is 58.5 cm³/mol. The molecule has 1 saturated heterocycles. The largest absolute Gasteiger partial charge is 0.381 e. The molecule has 1 unspecified atom stereocenters. The highest BCUT2D eigenvalue weighted by Gasteiger charge is 2.30. The van der Waals surface area contributed by atoms with Crippen molar-refractivity contribution in [2.45, 2.75) is 44.6 Å². The molecule has 1 aliphatic heterocycles. The summed E-state index contributed by atoms with van der Waals surface area (Å²) >= 11 is 0. The Bertz CT molecular complexity index is 216. The van der Waals surface area contributed by atoms with Crippen LogP contribution in [0.1, 0.15) is 38.5 Å². The summed E-state index contributed by atoms with van der Waals surface area (Å²) < 4.78 is 5.37. The summed E-state index contributed by atoms with van der Waals surface area (Å²) in [5, 5.41) is 0. The summed E-state index contributed by atoms with van der Waals surface area (Å²) in [6.07, 6.45) is 6.10. The lowest BCUT2D eigenvalue weighted by atomic mass is 9.79. The highest BCUT2D eigenvalue weighted by Crippen LogP contribution is 2.28. The number of ether oxygens (including phenoxy) is 1. The van der Waals surface area contributed by atoms with Crippen LogP contribution in [0, 0.1) is 11.8 Å². The number of Topliss-reactive ketones (excluding diaryl/α,β-unsaturated/α-hetero) is 1. The van der Waals surface area contributed by atoms with Gasteiger partial charge in [0.15, 0.2) is 0 Å². The van der Waals surface area contributed by atoms with E-state index >= 15 is 0 Å². The zero-order chi connectivity index (χ0) is 10.7. The van der Waals surface area contributed by atoms with Crippen LogP contribution in [0.2, 0.25) is 0 Å². The molecule has 3 heteroatoms. The molecule has 0 aromatic carbocycles. The van der Waals surface area contributed by atoms with E-state index in [1.165, 1.54) is 0 Å². The van der Waals surface area contributed by atoms with Crippen LogP contribution in [-0.2, 0) is 9.53 Å². The summed E-state index contributed by atoms with van der Waals surface area (Å²) in [6.45, 7) is 1.49. The third kappa shape index (κ3) is 2.79. The fourth-order valence-corrected chi connectivity index (χ4v) is 2.70. The molecule has 2 fully saturated rings. The molecule has 1 heterocycles. The number of hydrogen-bond donors (Lipinski definition) is 1. The van der Waals surface area contributed by atoms with Crippen molar-refractivity contribution < 1.29 is 9.53 Å². The molecule has 3 nitrogen and oxygen atoms in total. The fraction of sp³-hybridized carbons (Fsp3) is 0.917. The second-order valence-electron chi connectivity index (χ2n) is 4.93. The van der Waals surface area contributed by atoms with Crippen LogP contribution in [0.4, 0.5) is 0 Å². The number of hydrogen-bond acceptors (Lipinski definition) is 3. The van der Waals surface area contributed by atoms with Crippen LogP contribution in [0.15, 0.2) is 0 Å². The van der Waals surface area contributed by atoms with Crippen molar-refractivity contribution in [2.75, 3.05) is 13.2 Å². The molecule has 2 N–H and O–H groups in total. The SMILES string of the molecule is NC1CCC(C(=O)C2CCCOC2)CC1. The van der Waals surface area contributed by atoms with Gasteiger partial charge in [-0.2, -0.15) is 0 Å². The lowest BCUT2D eigenvalue weighted by Gasteiger charge is -2.29. The lowest BCUT2D eigenvalue weighted by molar-refractivity contribution is -0.131. The van der Waals surface area contributed by atoms with Crippen molar-refractivity contribution in [3.63, 3.8) is 0 Å². The van der Waals surface area contributed by atoms with E-state index in [9.17, 15) is 4.79 Å². The van der Waals surface area contributed by atoms with Gasteiger partial charge in [0.2, 0.25) is 0 Å². The van der Waals surface area contributed by atoms with Gasteiger partial charge < -0.3 is 10.5 Å². The van der Waals surface area contributed by atoms with Gasteiger partial charge in [0.25, 0.3) is 0 Å². The van der Waals surface area contributed by atoms with Gasteiger partial charge in [-0.3, -0.25) is 4.79 Å². The normalized spacial score (nSPS) is 37.5. The highest BCUT2D eigenvalue weighted by molar-refractivity contribution is 5.83. The first kappa shape index (κ1) is 11.1. The zero-order valence-electron chi connectivity index (χ0n) is 9.28. The van der Waals surface area contributed by atoms with Gasteiger partial charge in [0, 0.05) is 24.5 Å². The van der Waals surface area contributed by atoms with Crippen LogP contribution in [0.5, 0.6) is 0 Å². The summed E-state index contributed by atoms with van der Waals surface area (Å²) in [7, 11) is 0. The van der Waals surface area contributed by atoms with Crippen LogP contribution < -0.4 is 5.73 Å². The number of ketones is 1. The van der Waals surface area contributed by atoms with Gasteiger partial charge in [-0.05, 0) is 38.5 Å². The number of carbonyl (C=O) groups is 1. The van der Waals surface area contributed by atoms with Gasteiger partial charge >= 0.3 is 0 Å². The van der Waals surface area contributed by atoms with Crippen LogP contribution in [0.25, 0.3) is 0 Å². The maximum absolute atomic E-state index is 12.1. The molecule has 0 spiro atoms. The second-order valence-corrected chi connectivity index (χ2v) is 4.93. The van der Waals surface area contributed by atoms with E-state index < -0.39 is 0 Å². The monoisotopic (exact) mass is 211 g/mol. The molecule has 2 aliphatic rings. The number of carbonyl (C=O) groups excluding carboxylic acids is 1. The lowest BCUT2D eigenvalue weighted by Crippen LogP contribution is -2.35. The van der Waals surface area contributed by atoms with E-state index in [0.29, 0.717) is 18.4 Å². The molecule has 0 bridgehead atoms. The van der Waals surface area contributed by atoms with E-state index in [4.69, 9.17) is 10.5 Å². The van der Waals surface area contributed by atoms with E-state index in [2.05, 4.69) is 0 Å². The zero-order valence-corrected chi connectivity index (χ0v) is 9.28. The Morgan fingerprint density at radius 2 is 1.80 bits per heavy atom. The average Bonchev–Trinajstić information content (AvgIpc) is 2.30. The van der Waals surface area contributed by atoms with Crippen molar-refractivity contribution in [2.24, 2.45) is 17.6 Å². The van der Waals surface area contributed by atoms with E-state index in [0.717, 1.165) is 45.1 Å². The van der Waals surface area contributed by atoms with E-state index in [1.807, 2.05) is 0 Å². The molecular weight excluding hydrogens is 190 g/mol. The Labute approximate surface area is 91.4 Å².